The SMILES string of the molecule is COC(=O)CC[C@@H](O)CN(C)Cc1ccccc1. The van der Waals surface area contributed by atoms with E-state index < -0.39 is 6.10 Å². The highest BCUT2D eigenvalue weighted by atomic mass is 16.5. The summed E-state index contributed by atoms with van der Waals surface area (Å²) in [6.07, 6.45) is 0.195. The van der Waals surface area contributed by atoms with Crippen molar-refractivity contribution in [2.24, 2.45) is 0 Å². The molecule has 18 heavy (non-hydrogen) atoms. The lowest BCUT2D eigenvalue weighted by molar-refractivity contribution is -0.141. The number of carbonyl (C=O) groups excluding carboxylic acids is 1. The van der Waals surface area contributed by atoms with Gasteiger partial charge in [-0.2, -0.15) is 0 Å². The molecular weight excluding hydrogens is 230 g/mol. The fourth-order valence-corrected chi connectivity index (χ4v) is 1.80. The van der Waals surface area contributed by atoms with Crippen molar-refractivity contribution in [2.45, 2.75) is 25.5 Å². The third-order valence-corrected chi connectivity index (χ3v) is 2.73. The molecule has 0 aromatic heterocycles. The highest BCUT2D eigenvalue weighted by Gasteiger charge is 2.11. The van der Waals surface area contributed by atoms with E-state index in [9.17, 15) is 9.90 Å². The third kappa shape index (κ3) is 5.80. The van der Waals surface area contributed by atoms with Crippen molar-refractivity contribution in [2.75, 3.05) is 20.7 Å². The maximum atomic E-state index is 10.9. The van der Waals surface area contributed by atoms with Gasteiger partial charge < -0.3 is 9.84 Å². The Balaban J connectivity index is 2.27. The van der Waals surface area contributed by atoms with Gasteiger partial charge in [0.25, 0.3) is 0 Å². The van der Waals surface area contributed by atoms with Crippen molar-refractivity contribution in [1.29, 1.82) is 0 Å². The average molecular weight is 251 g/mol. The first-order valence-electron chi connectivity index (χ1n) is 6.09. The number of benzene rings is 1. The minimum absolute atomic E-state index is 0.261. The molecular formula is C14H21NO3. The van der Waals surface area contributed by atoms with Crippen LogP contribution in [0.1, 0.15) is 18.4 Å². The molecule has 0 saturated heterocycles. The zero-order chi connectivity index (χ0) is 13.4. The van der Waals surface area contributed by atoms with E-state index in [2.05, 4.69) is 16.9 Å². The van der Waals surface area contributed by atoms with Crippen molar-refractivity contribution >= 4 is 5.97 Å². The number of nitrogens with zero attached hydrogens (tertiary/aromatic N) is 1. The third-order valence-electron chi connectivity index (χ3n) is 2.73. The molecule has 4 heteroatoms. The van der Waals surface area contributed by atoms with Crippen LogP contribution in [0.2, 0.25) is 0 Å². The second kappa shape index (κ2) is 7.84. The number of likely N-dealkylation sites (N-methyl/N-ethyl adjacent to an activating group) is 1. The topological polar surface area (TPSA) is 49.8 Å². The first kappa shape index (κ1) is 14.7. The maximum Gasteiger partial charge on any atom is 0.305 e. The Morgan fingerprint density at radius 2 is 2.06 bits per heavy atom. The van der Waals surface area contributed by atoms with Crippen LogP contribution in [0.15, 0.2) is 30.3 Å². The minimum atomic E-state index is -0.502. The van der Waals surface area contributed by atoms with E-state index in [1.165, 1.54) is 12.7 Å². The van der Waals surface area contributed by atoms with Crippen LogP contribution in [0.5, 0.6) is 0 Å². The molecule has 1 N–H and O–H groups in total. The Morgan fingerprint density at radius 3 is 2.67 bits per heavy atom. The van der Waals surface area contributed by atoms with E-state index in [1.54, 1.807) is 0 Å². The van der Waals surface area contributed by atoms with Crippen LogP contribution in [0.3, 0.4) is 0 Å². The summed E-state index contributed by atoms with van der Waals surface area (Å²) >= 11 is 0. The quantitative estimate of drug-likeness (QED) is 0.745. The summed E-state index contributed by atoms with van der Waals surface area (Å²) in [4.78, 5) is 13.0. The van der Waals surface area contributed by atoms with Gasteiger partial charge in [0.1, 0.15) is 0 Å². The number of hydrogen-bond acceptors (Lipinski definition) is 4. The molecule has 0 aliphatic rings. The standard InChI is InChI=1S/C14H21NO3/c1-15(10-12-6-4-3-5-7-12)11-13(16)8-9-14(17)18-2/h3-7,13,16H,8-11H2,1-2H3/t13-/m1/s1. The average Bonchev–Trinajstić information content (AvgIpc) is 2.37. The minimum Gasteiger partial charge on any atom is -0.469 e. The Bertz CT molecular complexity index is 353. The first-order valence-corrected chi connectivity index (χ1v) is 6.09. The Labute approximate surface area is 108 Å². The van der Waals surface area contributed by atoms with Crippen molar-refractivity contribution in [1.82, 2.24) is 4.90 Å². The van der Waals surface area contributed by atoms with Gasteiger partial charge in [-0.15, -0.1) is 0 Å². The van der Waals surface area contributed by atoms with Gasteiger partial charge in [0.2, 0.25) is 0 Å². The lowest BCUT2D eigenvalue weighted by Crippen LogP contribution is -2.29. The molecule has 0 aliphatic carbocycles. The van der Waals surface area contributed by atoms with Gasteiger partial charge in [-0.05, 0) is 19.0 Å². The highest BCUT2D eigenvalue weighted by Crippen LogP contribution is 2.05. The van der Waals surface area contributed by atoms with Gasteiger partial charge >= 0.3 is 5.97 Å². The fraction of sp³-hybridized carbons (Fsp3) is 0.500. The van der Waals surface area contributed by atoms with Crippen LogP contribution < -0.4 is 0 Å². The van der Waals surface area contributed by atoms with Crippen LogP contribution in [-0.4, -0.2) is 42.8 Å². The van der Waals surface area contributed by atoms with Gasteiger partial charge in [-0.25, -0.2) is 0 Å². The molecule has 1 rings (SSSR count). The first-order chi connectivity index (χ1) is 8.61. The molecule has 0 bridgehead atoms. The van der Waals surface area contributed by atoms with E-state index >= 15 is 0 Å². The molecule has 1 aromatic rings. The van der Waals surface area contributed by atoms with Crippen LogP contribution >= 0.6 is 0 Å². The number of methoxy groups -OCH3 is 1. The fourth-order valence-electron chi connectivity index (χ4n) is 1.80. The van der Waals surface area contributed by atoms with Gasteiger partial charge in [0.15, 0.2) is 0 Å². The van der Waals surface area contributed by atoms with Crippen LogP contribution in [-0.2, 0) is 16.1 Å². The van der Waals surface area contributed by atoms with E-state index in [4.69, 9.17) is 0 Å². The van der Waals surface area contributed by atoms with E-state index in [-0.39, 0.29) is 12.4 Å². The molecule has 0 unspecified atom stereocenters. The lowest BCUT2D eigenvalue weighted by Gasteiger charge is -2.20. The molecule has 0 heterocycles. The summed E-state index contributed by atoms with van der Waals surface area (Å²) in [5.41, 5.74) is 1.21. The molecule has 0 fully saturated rings. The van der Waals surface area contributed by atoms with Crippen molar-refractivity contribution in [3.05, 3.63) is 35.9 Å². The number of esters is 1. The van der Waals surface area contributed by atoms with Gasteiger partial charge in [-0.1, -0.05) is 30.3 Å². The van der Waals surface area contributed by atoms with Crippen molar-refractivity contribution in [3.8, 4) is 0 Å². The second-order valence-electron chi connectivity index (χ2n) is 4.45. The molecule has 0 radical (unpaired) electrons. The summed E-state index contributed by atoms with van der Waals surface area (Å²) < 4.78 is 4.54. The smallest absolute Gasteiger partial charge is 0.305 e. The summed E-state index contributed by atoms with van der Waals surface area (Å²) in [6, 6.07) is 10.1. The van der Waals surface area contributed by atoms with Crippen LogP contribution in [0, 0.1) is 0 Å². The summed E-state index contributed by atoms with van der Waals surface area (Å²) in [6.45, 7) is 1.34. The maximum absolute atomic E-state index is 10.9. The predicted molar refractivity (Wildman–Crippen MR) is 70.0 cm³/mol. The van der Waals surface area contributed by atoms with E-state index in [0.29, 0.717) is 13.0 Å². The van der Waals surface area contributed by atoms with E-state index in [0.717, 1.165) is 6.54 Å². The number of aliphatic hydroxyl groups is 1. The molecule has 100 valence electrons. The molecule has 0 aliphatic heterocycles. The number of ether oxygens (including phenoxy) is 1. The zero-order valence-corrected chi connectivity index (χ0v) is 11.0. The molecule has 1 aromatic carbocycles. The molecule has 0 spiro atoms. The van der Waals surface area contributed by atoms with Crippen LogP contribution in [0.4, 0.5) is 0 Å². The van der Waals surface area contributed by atoms with Crippen molar-refractivity contribution in [3.63, 3.8) is 0 Å². The van der Waals surface area contributed by atoms with Gasteiger partial charge in [-0.3, -0.25) is 9.69 Å². The van der Waals surface area contributed by atoms with E-state index in [1.807, 2.05) is 30.1 Å². The number of hydrogen-bond donors (Lipinski definition) is 1. The number of rotatable bonds is 7. The Kier molecular flexibility index (Phi) is 6.39. The van der Waals surface area contributed by atoms with Crippen LogP contribution in [0.25, 0.3) is 0 Å². The van der Waals surface area contributed by atoms with Gasteiger partial charge in [0, 0.05) is 19.5 Å². The molecule has 1 atom stereocenters. The Morgan fingerprint density at radius 1 is 1.39 bits per heavy atom. The lowest BCUT2D eigenvalue weighted by atomic mass is 10.1. The summed E-state index contributed by atoms with van der Waals surface area (Å²) in [5, 5.41) is 9.79. The molecule has 0 saturated carbocycles. The molecule has 4 nitrogen and oxygen atoms in total. The summed E-state index contributed by atoms with van der Waals surface area (Å²) in [7, 11) is 3.31. The second-order valence-corrected chi connectivity index (χ2v) is 4.45. The Hall–Kier alpha value is -1.39. The molecule has 0 amide bonds. The predicted octanol–water partition coefficient (Wildman–Crippen LogP) is 1.43. The summed E-state index contributed by atoms with van der Waals surface area (Å²) in [5.74, 6) is -0.278. The highest BCUT2D eigenvalue weighted by molar-refractivity contribution is 5.69. The van der Waals surface area contributed by atoms with Crippen molar-refractivity contribution < 1.29 is 14.6 Å². The largest absolute Gasteiger partial charge is 0.469 e. The van der Waals surface area contributed by atoms with Gasteiger partial charge in [0.05, 0.1) is 13.2 Å². The number of aliphatic hydroxyl groups excluding tert-OH is 1. The normalized spacial score (nSPS) is 12.4. The zero-order valence-electron chi connectivity index (χ0n) is 11.0. The number of carbonyl (C=O) groups is 1. The monoisotopic (exact) mass is 251 g/mol.